The molecule has 10 heteroatoms. The fourth-order valence-electron chi connectivity index (χ4n) is 2.79. The van der Waals surface area contributed by atoms with Crippen molar-refractivity contribution in [3.8, 4) is 5.13 Å². The molecule has 0 spiro atoms. The van der Waals surface area contributed by atoms with Crippen LogP contribution in [0.15, 0.2) is 47.0 Å². The second kappa shape index (κ2) is 8.18. The summed E-state index contributed by atoms with van der Waals surface area (Å²) < 4.78 is 15.6. The van der Waals surface area contributed by atoms with Gasteiger partial charge in [0.15, 0.2) is 10.9 Å². The predicted octanol–water partition coefficient (Wildman–Crippen LogP) is 3.26. The van der Waals surface area contributed by atoms with Gasteiger partial charge in [-0.1, -0.05) is 23.5 Å². The molecule has 0 N–H and O–H groups in total. The van der Waals surface area contributed by atoms with E-state index in [1.54, 1.807) is 25.3 Å². The van der Waals surface area contributed by atoms with Crippen LogP contribution in [0.4, 0.5) is 4.39 Å². The number of hydrogen-bond donors (Lipinski definition) is 0. The van der Waals surface area contributed by atoms with Gasteiger partial charge in [-0.25, -0.2) is 28.4 Å². The van der Waals surface area contributed by atoms with Gasteiger partial charge in [0, 0.05) is 24.4 Å². The lowest BCUT2D eigenvalue weighted by atomic mass is 10.2. The molecule has 7 nitrogen and oxygen atoms in total. The van der Waals surface area contributed by atoms with Crippen molar-refractivity contribution in [2.45, 2.75) is 26.3 Å². The van der Waals surface area contributed by atoms with Crippen molar-refractivity contribution in [2.24, 2.45) is 0 Å². The molecule has 0 atom stereocenters. The van der Waals surface area contributed by atoms with Gasteiger partial charge in [0.2, 0.25) is 0 Å². The molecule has 0 aliphatic heterocycles. The molecule has 0 fully saturated rings. The highest BCUT2D eigenvalue weighted by Gasteiger charge is 2.18. The molecule has 3 aromatic heterocycles. The van der Waals surface area contributed by atoms with Gasteiger partial charge in [-0.3, -0.25) is 4.79 Å². The second-order valence-corrected chi connectivity index (χ2v) is 8.28. The number of hydrogen-bond acceptors (Lipinski definition) is 7. The summed E-state index contributed by atoms with van der Waals surface area (Å²) in [6.45, 7) is 1.97. The van der Waals surface area contributed by atoms with Gasteiger partial charge in [-0.05, 0) is 24.6 Å². The van der Waals surface area contributed by atoms with Crippen LogP contribution in [-0.2, 0) is 13.0 Å². The summed E-state index contributed by atoms with van der Waals surface area (Å²) in [5.41, 5.74) is 0.976. The van der Waals surface area contributed by atoms with Gasteiger partial charge < -0.3 is 0 Å². The van der Waals surface area contributed by atoms with E-state index in [4.69, 9.17) is 0 Å². The lowest BCUT2D eigenvalue weighted by molar-refractivity contribution is 0.0986. The molecule has 0 radical (unpaired) electrons. The Hall–Kier alpha value is -2.98. The molecule has 4 rings (SSSR count). The van der Waals surface area contributed by atoms with Gasteiger partial charge in [0.05, 0.1) is 22.1 Å². The third kappa shape index (κ3) is 4.22. The number of rotatable bonds is 7. The number of aryl methyl sites for hydroxylation is 2. The first kappa shape index (κ1) is 19.3. The lowest BCUT2D eigenvalue weighted by Crippen LogP contribution is -2.24. The van der Waals surface area contributed by atoms with Crippen molar-refractivity contribution in [1.29, 1.82) is 0 Å². The van der Waals surface area contributed by atoms with Crippen molar-refractivity contribution in [1.82, 2.24) is 24.3 Å². The molecule has 0 amide bonds. The summed E-state index contributed by atoms with van der Waals surface area (Å²) in [4.78, 5) is 34.4. The van der Waals surface area contributed by atoms with Crippen LogP contribution in [0, 0.1) is 12.7 Å². The Kier molecular flexibility index (Phi) is 5.45. The average molecular weight is 430 g/mol. The van der Waals surface area contributed by atoms with Crippen LogP contribution in [0.25, 0.3) is 5.13 Å². The van der Waals surface area contributed by atoms with Crippen LogP contribution in [0.1, 0.15) is 32.4 Å². The molecule has 1 aromatic carbocycles. The summed E-state index contributed by atoms with van der Waals surface area (Å²) in [6, 6.07) is 5.89. The highest BCUT2D eigenvalue weighted by atomic mass is 32.1. The maximum absolute atomic E-state index is 13.0. The number of carbonyl (C=O) groups excluding carboxylic acids is 1. The van der Waals surface area contributed by atoms with Crippen LogP contribution in [0.3, 0.4) is 0 Å². The van der Waals surface area contributed by atoms with Crippen LogP contribution in [0.2, 0.25) is 0 Å². The third-order valence-electron chi connectivity index (χ3n) is 4.27. The van der Waals surface area contributed by atoms with Gasteiger partial charge in [-0.2, -0.15) is 5.10 Å². The average Bonchev–Trinajstić information content (AvgIpc) is 3.43. The van der Waals surface area contributed by atoms with Crippen LogP contribution < -0.4 is 5.69 Å². The van der Waals surface area contributed by atoms with E-state index in [0.717, 1.165) is 10.6 Å². The molecular formula is C19H16FN5O2S2. The molecule has 148 valence electrons. The van der Waals surface area contributed by atoms with E-state index in [-0.39, 0.29) is 23.8 Å². The minimum atomic E-state index is -0.371. The number of ketones is 1. The van der Waals surface area contributed by atoms with E-state index in [9.17, 15) is 14.0 Å². The Bertz CT molecular complexity index is 1190. The molecule has 0 unspecified atom stereocenters. The van der Waals surface area contributed by atoms with E-state index in [0.29, 0.717) is 28.5 Å². The third-order valence-corrected chi connectivity index (χ3v) is 6.31. The zero-order valence-corrected chi connectivity index (χ0v) is 17.0. The van der Waals surface area contributed by atoms with Crippen LogP contribution in [-0.4, -0.2) is 30.1 Å². The maximum Gasteiger partial charge on any atom is 0.352 e. The fraction of sp³-hybridized carbons (Fsp3) is 0.211. The number of Topliss-reactive ketones (excluding diaryl/α,β-unsaturated/α-hetero) is 1. The van der Waals surface area contributed by atoms with Crippen molar-refractivity contribution in [3.63, 3.8) is 0 Å². The normalized spacial score (nSPS) is 11.1. The van der Waals surface area contributed by atoms with E-state index in [1.165, 1.54) is 50.4 Å². The van der Waals surface area contributed by atoms with Crippen LogP contribution in [0.5, 0.6) is 0 Å². The molecular weight excluding hydrogens is 413 g/mol. The summed E-state index contributed by atoms with van der Waals surface area (Å²) in [5, 5.41) is 7.31. The second-order valence-electron chi connectivity index (χ2n) is 6.33. The fourth-order valence-corrected chi connectivity index (χ4v) is 4.41. The highest BCUT2D eigenvalue weighted by molar-refractivity contribution is 7.16. The first-order valence-corrected chi connectivity index (χ1v) is 10.5. The van der Waals surface area contributed by atoms with Crippen molar-refractivity contribution < 1.29 is 9.18 Å². The molecule has 29 heavy (non-hydrogen) atoms. The summed E-state index contributed by atoms with van der Waals surface area (Å²) in [7, 11) is 0. The number of carbonyl (C=O) groups is 1. The molecule has 4 aromatic rings. The van der Waals surface area contributed by atoms with E-state index < -0.39 is 0 Å². The van der Waals surface area contributed by atoms with Gasteiger partial charge in [0.1, 0.15) is 12.1 Å². The van der Waals surface area contributed by atoms with Gasteiger partial charge in [-0.15, -0.1) is 11.3 Å². The van der Waals surface area contributed by atoms with Crippen molar-refractivity contribution in [2.75, 3.05) is 0 Å². The molecule has 0 aliphatic rings. The molecule has 0 saturated heterocycles. The smallest absolute Gasteiger partial charge is 0.293 e. The lowest BCUT2D eigenvalue weighted by Gasteiger charge is -2.00. The Balaban J connectivity index is 1.52. The first-order valence-electron chi connectivity index (χ1n) is 8.79. The Labute approximate surface area is 173 Å². The Morgan fingerprint density at radius 3 is 2.76 bits per heavy atom. The van der Waals surface area contributed by atoms with Gasteiger partial charge in [0.25, 0.3) is 0 Å². The SMILES string of the molecule is Cc1nc(-n2cnn(Cc3ccc(F)cc3)c2=O)sc1C(=O)CCc1nccs1. The Morgan fingerprint density at radius 2 is 2.03 bits per heavy atom. The van der Waals surface area contributed by atoms with E-state index in [1.807, 2.05) is 5.38 Å². The Morgan fingerprint density at radius 1 is 1.24 bits per heavy atom. The molecule has 3 heterocycles. The summed E-state index contributed by atoms with van der Waals surface area (Å²) in [5.74, 6) is -0.356. The topological polar surface area (TPSA) is 82.7 Å². The first-order chi connectivity index (χ1) is 14.0. The van der Waals surface area contributed by atoms with Gasteiger partial charge >= 0.3 is 5.69 Å². The molecule has 0 aliphatic carbocycles. The van der Waals surface area contributed by atoms with Crippen LogP contribution >= 0.6 is 22.7 Å². The molecule has 0 saturated carbocycles. The minimum Gasteiger partial charge on any atom is -0.293 e. The number of halogens is 1. The summed E-state index contributed by atoms with van der Waals surface area (Å²) >= 11 is 2.70. The minimum absolute atomic E-state index is 0.0202. The zero-order valence-electron chi connectivity index (χ0n) is 15.4. The number of benzene rings is 1. The standard InChI is InChI=1S/C19H16FN5O2S2/c1-12-17(15(26)6-7-16-21-8-9-28-16)29-18(23-12)24-11-22-25(19(24)27)10-13-2-4-14(20)5-3-13/h2-5,8-9,11H,6-7,10H2,1H3. The zero-order chi connectivity index (χ0) is 20.4. The largest absolute Gasteiger partial charge is 0.352 e. The monoisotopic (exact) mass is 429 g/mol. The summed E-state index contributed by atoms with van der Waals surface area (Å²) in [6.07, 6.45) is 4.03. The number of aromatic nitrogens is 5. The quantitative estimate of drug-likeness (QED) is 0.421. The van der Waals surface area contributed by atoms with Crippen molar-refractivity contribution >= 4 is 28.5 Å². The highest BCUT2D eigenvalue weighted by Crippen LogP contribution is 2.23. The molecule has 0 bridgehead atoms. The number of thiazole rings is 2. The maximum atomic E-state index is 13.0. The van der Waals surface area contributed by atoms with Crippen molar-refractivity contribution in [3.05, 3.63) is 79.6 Å². The predicted molar refractivity (Wildman–Crippen MR) is 109 cm³/mol. The van der Waals surface area contributed by atoms with E-state index in [2.05, 4.69) is 15.1 Å². The number of nitrogens with zero attached hydrogens (tertiary/aromatic N) is 5. The van der Waals surface area contributed by atoms with E-state index >= 15 is 0 Å².